The zero-order chi connectivity index (χ0) is 20.4. The predicted octanol–water partition coefficient (Wildman–Crippen LogP) is 4.04. The number of para-hydroxylation sites is 1. The van der Waals surface area contributed by atoms with Gasteiger partial charge in [-0.25, -0.2) is 0 Å². The van der Waals surface area contributed by atoms with E-state index in [0.717, 1.165) is 33.3 Å². The molecular weight excluding hydrogens is 394 g/mol. The normalized spacial score (nSPS) is 20.0. The van der Waals surface area contributed by atoms with E-state index in [9.17, 15) is 9.59 Å². The molecule has 1 atom stereocenters. The molecule has 0 saturated heterocycles. The van der Waals surface area contributed by atoms with Gasteiger partial charge in [-0.15, -0.1) is 11.3 Å². The van der Waals surface area contributed by atoms with Crippen molar-refractivity contribution in [3.63, 3.8) is 0 Å². The molecule has 2 amide bonds. The molecule has 2 aromatic carbocycles. The lowest BCUT2D eigenvalue weighted by Gasteiger charge is -2.21. The van der Waals surface area contributed by atoms with Gasteiger partial charge in [0.2, 0.25) is 0 Å². The van der Waals surface area contributed by atoms with Gasteiger partial charge in [-0.1, -0.05) is 36.4 Å². The van der Waals surface area contributed by atoms with E-state index in [1.807, 2.05) is 48.0 Å². The van der Waals surface area contributed by atoms with Gasteiger partial charge in [-0.2, -0.15) is 0 Å². The average Bonchev–Trinajstić information content (AvgIpc) is 3.36. The minimum atomic E-state index is -0.396. The average molecular weight is 411 g/mol. The molecule has 6 rings (SSSR count). The third-order valence-electron chi connectivity index (χ3n) is 5.97. The van der Waals surface area contributed by atoms with Crippen LogP contribution in [0.5, 0.6) is 0 Å². The second-order valence-electron chi connectivity index (χ2n) is 7.73. The van der Waals surface area contributed by atoms with Crippen LogP contribution in [0.15, 0.2) is 70.8 Å². The lowest BCUT2D eigenvalue weighted by molar-refractivity contribution is -0.123. The van der Waals surface area contributed by atoms with Crippen molar-refractivity contribution in [1.82, 2.24) is 5.32 Å². The molecule has 5 nitrogen and oxygen atoms in total. The molecule has 3 aliphatic heterocycles. The van der Waals surface area contributed by atoms with Crippen LogP contribution < -0.4 is 10.2 Å². The summed E-state index contributed by atoms with van der Waals surface area (Å²) in [6, 6.07) is 14.3. The van der Waals surface area contributed by atoms with Gasteiger partial charge >= 0.3 is 0 Å². The quantitative estimate of drug-likeness (QED) is 0.648. The van der Waals surface area contributed by atoms with Gasteiger partial charge in [0, 0.05) is 34.3 Å². The Labute approximate surface area is 177 Å². The summed E-state index contributed by atoms with van der Waals surface area (Å²) >= 11 is 1.57. The maximum absolute atomic E-state index is 13.0. The van der Waals surface area contributed by atoms with Crippen molar-refractivity contribution >= 4 is 50.2 Å². The van der Waals surface area contributed by atoms with Gasteiger partial charge < -0.3 is 4.90 Å². The number of imide groups is 1. The highest BCUT2D eigenvalue weighted by molar-refractivity contribution is 7.17. The Morgan fingerprint density at radius 2 is 1.83 bits per heavy atom. The van der Waals surface area contributed by atoms with Crippen LogP contribution in [-0.2, 0) is 16.0 Å². The summed E-state index contributed by atoms with van der Waals surface area (Å²) < 4.78 is 0.994. The number of carbonyl (C=O) groups is 2. The molecule has 4 heterocycles. The van der Waals surface area contributed by atoms with Crippen molar-refractivity contribution in [2.45, 2.75) is 19.4 Å². The molecule has 30 heavy (non-hydrogen) atoms. The first-order chi connectivity index (χ1) is 14.6. The fourth-order valence-corrected chi connectivity index (χ4v) is 5.61. The van der Waals surface area contributed by atoms with Gasteiger partial charge in [-0.05, 0) is 35.7 Å². The molecule has 0 saturated carbocycles. The lowest BCUT2D eigenvalue weighted by atomic mass is 9.92. The molecule has 0 bridgehead atoms. The lowest BCUT2D eigenvalue weighted by Crippen LogP contribution is -2.26. The Morgan fingerprint density at radius 3 is 2.73 bits per heavy atom. The zero-order valence-electron chi connectivity index (χ0n) is 16.2. The smallest absolute Gasteiger partial charge is 0.261 e. The molecular formula is C24H17N3O2S. The van der Waals surface area contributed by atoms with E-state index in [1.165, 1.54) is 5.56 Å². The van der Waals surface area contributed by atoms with Crippen LogP contribution in [0.3, 0.4) is 0 Å². The molecule has 0 spiro atoms. The van der Waals surface area contributed by atoms with Gasteiger partial charge in [-0.3, -0.25) is 19.9 Å². The fourth-order valence-electron chi connectivity index (χ4n) is 4.69. The van der Waals surface area contributed by atoms with Crippen LogP contribution in [0.2, 0.25) is 0 Å². The maximum atomic E-state index is 13.0. The third kappa shape index (κ3) is 2.31. The van der Waals surface area contributed by atoms with Gasteiger partial charge in [0.25, 0.3) is 11.8 Å². The highest BCUT2D eigenvalue weighted by atomic mass is 32.1. The van der Waals surface area contributed by atoms with Crippen molar-refractivity contribution in [3.8, 4) is 0 Å². The molecule has 0 fully saturated rings. The third-order valence-corrected chi connectivity index (χ3v) is 6.93. The van der Waals surface area contributed by atoms with E-state index in [1.54, 1.807) is 17.5 Å². The Balaban J connectivity index is 1.64. The summed E-state index contributed by atoms with van der Waals surface area (Å²) in [5, 5.41) is 5.56. The Bertz CT molecular complexity index is 1360. The predicted molar refractivity (Wildman–Crippen MR) is 120 cm³/mol. The Kier molecular flexibility index (Phi) is 3.61. The first kappa shape index (κ1) is 17.4. The topological polar surface area (TPSA) is 61.8 Å². The highest BCUT2D eigenvalue weighted by Gasteiger charge is 2.38. The molecule has 146 valence electrons. The van der Waals surface area contributed by atoms with E-state index < -0.39 is 5.91 Å². The molecule has 1 N–H and O–H groups in total. The molecule has 0 radical (unpaired) electrons. The van der Waals surface area contributed by atoms with Gasteiger partial charge in [0.1, 0.15) is 0 Å². The minimum Gasteiger partial charge on any atom is -0.343 e. The van der Waals surface area contributed by atoms with Crippen LogP contribution in [0.1, 0.15) is 23.6 Å². The fraction of sp³-hybridized carbons (Fsp3) is 0.125. The number of carbonyl (C=O) groups excluding carboxylic acids is 2. The number of anilines is 1. The van der Waals surface area contributed by atoms with Crippen molar-refractivity contribution in [2.24, 2.45) is 4.99 Å². The summed E-state index contributed by atoms with van der Waals surface area (Å²) in [5.74, 6) is -0.766. The maximum Gasteiger partial charge on any atom is 0.261 e. The summed E-state index contributed by atoms with van der Waals surface area (Å²) in [7, 11) is 0. The summed E-state index contributed by atoms with van der Waals surface area (Å²) in [5.41, 5.74) is 5.26. The number of hydrogen-bond donors (Lipinski definition) is 1. The minimum absolute atomic E-state index is 0.319. The van der Waals surface area contributed by atoms with Crippen LogP contribution >= 0.6 is 11.3 Å². The van der Waals surface area contributed by atoms with E-state index >= 15 is 0 Å². The molecule has 1 aromatic heterocycles. The second-order valence-corrected chi connectivity index (χ2v) is 8.64. The van der Waals surface area contributed by atoms with E-state index in [2.05, 4.69) is 28.2 Å². The van der Waals surface area contributed by atoms with Crippen molar-refractivity contribution < 1.29 is 9.59 Å². The highest BCUT2D eigenvalue weighted by Crippen LogP contribution is 2.40. The first-order valence-corrected chi connectivity index (χ1v) is 10.7. The molecule has 1 unspecified atom stereocenters. The number of amides is 2. The van der Waals surface area contributed by atoms with Crippen LogP contribution in [-0.4, -0.2) is 23.6 Å². The number of rotatable bonds is 2. The summed E-state index contributed by atoms with van der Waals surface area (Å²) in [6.45, 7) is 2.17. The standard InChI is InChI=1S/C24H17N3O2S/c1-13-12-15-5-3-7-17-20(25-9-10-27(13)21(15)17)19-18(23(28)26-24(19)29)16-6-2-4-14-8-11-30-22(14)16/h2-11,13H,12H2,1H3,(H,26,28,29). The number of nitrogens with one attached hydrogen (secondary N) is 1. The Hall–Kier alpha value is -3.51. The monoisotopic (exact) mass is 411 g/mol. The number of aliphatic imine (C=N–C) groups is 1. The largest absolute Gasteiger partial charge is 0.343 e. The van der Waals surface area contributed by atoms with Crippen LogP contribution in [0.25, 0.3) is 15.7 Å². The number of thiophene rings is 1. The molecule has 0 aliphatic carbocycles. The van der Waals surface area contributed by atoms with Gasteiger partial charge in [0.05, 0.1) is 22.5 Å². The van der Waals surface area contributed by atoms with Crippen LogP contribution in [0, 0.1) is 0 Å². The number of hydrogen-bond acceptors (Lipinski definition) is 5. The SMILES string of the molecule is CC1Cc2cccc3c2N1C=CN=C3C1=C(c2cccc3ccsc23)C(=O)NC1=O. The number of nitrogens with zero attached hydrogens (tertiary/aromatic N) is 2. The van der Waals surface area contributed by atoms with Crippen molar-refractivity contribution in [3.05, 3.63) is 82.5 Å². The number of fused-ring (bicyclic) bond motifs is 1. The van der Waals surface area contributed by atoms with E-state index in [4.69, 9.17) is 0 Å². The van der Waals surface area contributed by atoms with Crippen LogP contribution in [0.4, 0.5) is 5.69 Å². The van der Waals surface area contributed by atoms with Crippen molar-refractivity contribution in [2.75, 3.05) is 4.90 Å². The van der Waals surface area contributed by atoms with Crippen molar-refractivity contribution in [1.29, 1.82) is 0 Å². The number of benzene rings is 2. The zero-order valence-corrected chi connectivity index (χ0v) is 17.0. The molecule has 3 aromatic rings. The first-order valence-electron chi connectivity index (χ1n) is 9.85. The summed E-state index contributed by atoms with van der Waals surface area (Å²) in [6.07, 6.45) is 4.63. The van der Waals surface area contributed by atoms with Gasteiger partial charge in [0.15, 0.2) is 0 Å². The Morgan fingerprint density at radius 1 is 1.03 bits per heavy atom. The summed E-state index contributed by atoms with van der Waals surface area (Å²) in [4.78, 5) is 32.8. The van der Waals surface area contributed by atoms with E-state index in [0.29, 0.717) is 22.9 Å². The van der Waals surface area contributed by atoms with E-state index in [-0.39, 0.29) is 5.91 Å². The molecule has 6 heteroatoms. The second kappa shape index (κ2) is 6.24. The molecule has 3 aliphatic rings.